The van der Waals surface area contributed by atoms with E-state index in [1.807, 2.05) is 0 Å². The number of aliphatic hydroxyl groups is 1. The van der Waals surface area contributed by atoms with Crippen molar-refractivity contribution in [2.75, 3.05) is 11.5 Å². The summed E-state index contributed by atoms with van der Waals surface area (Å²) in [5.74, 6) is -1.23. The minimum Gasteiger partial charge on any atom is -0.508 e. The van der Waals surface area contributed by atoms with Gasteiger partial charge in [0.25, 0.3) is 0 Å². The summed E-state index contributed by atoms with van der Waals surface area (Å²) in [4.78, 5) is 14.7. The molecule has 3 aromatic carbocycles. The highest BCUT2D eigenvalue weighted by atomic mass is 19.4. The molecule has 2 N–H and O–H groups in total. The lowest BCUT2D eigenvalue weighted by Crippen LogP contribution is -2.35. The molecule has 0 radical (unpaired) electrons. The van der Waals surface area contributed by atoms with E-state index in [1.54, 1.807) is 42.5 Å². The van der Waals surface area contributed by atoms with Crippen LogP contribution < -0.4 is 4.90 Å². The fourth-order valence-electron chi connectivity index (χ4n) is 3.11. The smallest absolute Gasteiger partial charge is 0.416 e. The van der Waals surface area contributed by atoms with Gasteiger partial charge in [-0.2, -0.15) is 13.2 Å². The highest BCUT2D eigenvalue weighted by molar-refractivity contribution is 6.02. The maximum Gasteiger partial charge on any atom is 0.416 e. The largest absolute Gasteiger partial charge is 0.508 e. The summed E-state index contributed by atoms with van der Waals surface area (Å²) in [6, 6.07) is 19.4. The van der Waals surface area contributed by atoms with Crippen LogP contribution in [0.25, 0.3) is 0 Å². The first-order valence-corrected chi connectivity index (χ1v) is 9.24. The third-order valence-electron chi connectivity index (χ3n) is 4.68. The van der Waals surface area contributed by atoms with E-state index in [2.05, 4.69) is 0 Å². The number of alkyl halides is 3. The number of benzene rings is 3. The van der Waals surface area contributed by atoms with Gasteiger partial charge in [-0.15, -0.1) is 0 Å². The first-order valence-electron chi connectivity index (χ1n) is 9.24. The van der Waals surface area contributed by atoms with Gasteiger partial charge in [0.15, 0.2) is 0 Å². The van der Waals surface area contributed by atoms with E-state index in [-0.39, 0.29) is 12.2 Å². The van der Waals surface area contributed by atoms with Gasteiger partial charge in [-0.3, -0.25) is 9.69 Å². The van der Waals surface area contributed by atoms with E-state index < -0.39 is 30.2 Å². The molecule has 0 saturated heterocycles. The molecular formula is C23H20F3NO3. The van der Waals surface area contributed by atoms with E-state index >= 15 is 0 Å². The van der Waals surface area contributed by atoms with Crippen LogP contribution in [0.2, 0.25) is 0 Å². The lowest BCUT2D eigenvalue weighted by atomic mass is 9.97. The van der Waals surface area contributed by atoms with Crippen molar-refractivity contribution in [2.24, 2.45) is 5.92 Å². The average molecular weight is 415 g/mol. The summed E-state index contributed by atoms with van der Waals surface area (Å²) in [7, 11) is 0. The molecule has 3 aromatic rings. The lowest BCUT2D eigenvalue weighted by molar-refractivity contribution is -0.137. The number of carbonyl (C=O) groups is 1. The molecule has 3 rings (SSSR count). The number of aliphatic hydroxyl groups excluding tert-OH is 1. The van der Waals surface area contributed by atoms with E-state index in [9.17, 15) is 28.2 Å². The molecule has 30 heavy (non-hydrogen) atoms. The molecule has 0 spiro atoms. The van der Waals surface area contributed by atoms with E-state index in [0.717, 1.165) is 12.1 Å². The molecule has 0 bridgehead atoms. The second-order valence-electron chi connectivity index (χ2n) is 6.80. The van der Waals surface area contributed by atoms with Crippen LogP contribution >= 0.6 is 0 Å². The van der Waals surface area contributed by atoms with Crippen LogP contribution in [0.1, 0.15) is 11.1 Å². The van der Waals surface area contributed by atoms with Gasteiger partial charge in [0.05, 0.1) is 18.1 Å². The number of nitrogens with zero attached hydrogens (tertiary/aromatic N) is 1. The Balaban J connectivity index is 1.89. The Morgan fingerprint density at radius 2 is 1.43 bits per heavy atom. The quantitative estimate of drug-likeness (QED) is 0.600. The molecule has 0 aliphatic rings. The zero-order valence-corrected chi connectivity index (χ0v) is 15.9. The Morgan fingerprint density at radius 1 is 0.867 bits per heavy atom. The van der Waals surface area contributed by atoms with E-state index in [0.29, 0.717) is 16.9 Å². The maximum absolute atomic E-state index is 13.3. The Labute approximate surface area is 171 Å². The standard InChI is InChI=1S/C23H20F3NO3/c24-23(25,26)18-8-6-16(7-9-18)14-17(15-28)22(30)27(19-4-2-1-3-5-19)20-10-12-21(29)13-11-20/h1-13,17,28-29H,14-15H2. The molecule has 1 amide bonds. The molecule has 7 heteroatoms. The van der Waals surface area contributed by atoms with Gasteiger partial charge in [-0.25, -0.2) is 0 Å². The predicted molar refractivity (Wildman–Crippen MR) is 107 cm³/mol. The van der Waals surface area contributed by atoms with Crippen LogP contribution in [0.5, 0.6) is 5.75 Å². The average Bonchev–Trinajstić information content (AvgIpc) is 2.74. The molecule has 0 aromatic heterocycles. The van der Waals surface area contributed by atoms with Crippen molar-refractivity contribution < 1.29 is 28.2 Å². The van der Waals surface area contributed by atoms with Crippen molar-refractivity contribution in [3.8, 4) is 5.75 Å². The number of amides is 1. The normalized spacial score (nSPS) is 12.4. The zero-order chi connectivity index (χ0) is 21.7. The Morgan fingerprint density at radius 3 is 1.97 bits per heavy atom. The van der Waals surface area contributed by atoms with Crippen LogP contribution in [-0.4, -0.2) is 22.7 Å². The Hall–Kier alpha value is -3.32. The number of phenolic OH excluding ortho intramolecular Hbond substituents is 1. The van der Waals surface area contributed by atoms with Crippen molar-refractivity contribution in [2.45, 2.75) is 12.6 Å². The number of rotatable bonds is 6. The Bertz CT molecular complexity index is 971. The minimum absolute atomic E-state index is 0.0441. The Kier molecular flexibility index (Phi) is 6.42. The van der Waals surface area contributed by atoms with Crippen molar-refractivity contribution in [3.05, 3.63) is 90.0 Å². The number of halogens is 3. The molecule has 1 atom stereocenters. The van der Waals surface area contributed by atoms with Gasteiger partial charge >= 0.3 is 6.18 Å². The molecule has 0 aliphatic heterocycles. The van der Waals surface area contributed by atoms with Gasteiger partial charge in [0, 0.05) is 11.4 Å². The van der Waals surface area contributed by atoms with Crippen LogP contribution in [0.4, 0.5) is 24.5 Å². The molecule has 1 unspecified atom stereocenters. The lowest BCUT2D eigenvalue weighted by Gasteiger charge is -2.27. The summed E-state index contributed by atoms with van der Waals surface area (Å²) in [6.07, 6.45) is -4.36. The highest BCUT2D eigenvalue weighted by Crippen LogP contribution is 2.31. The number of carbonyl (C=O) groups excluding carboxylic acids is 1. The second kappa shape index (κ2) is 9.00. The number of aromatic hydroxyl groups is 1. The van der Waals surface area contributed by atoms with Crippen molar-refractivity contribution in [1.82, 2.24) is 0 Å². The van der Waals surface area contributed by atoms with Crippen LogP contribution in [0, 0.1) is 5.92 Å². The molecule has 0 fully saturated rings. The van der Waals surface area contributed by atoms with E-state index in [4.69, 9.17) is 0 Å². The molecule has 0 aliphatic carbocycles. The highest BCUT2D eigenvalue weighted by Gasteiger charge is 2.31. The summed E-state index contributed by atoms with van der Waals surface area (Å²) in [5.41, 5.74) is 0.802. The first-order chi connectivity index (χ1) is 14.3. The second-order valence-corrected chi connectivity index (χ2v) is 6.80. The molecule has 4 nitrogen and oxygen atoms in total. The first kappa shape index (κ1) is 21.4. The molecule has 0 saturated carbocycles. The summed E-state index contributed by atoms with van der Waals surface area (Å²) >= 11 is 0. The van der Waals surface area contributed by atoms with Crippen LogP contribution in [0.3, 0.4) is 0 Å². The topological polar surface area (TPSA) is 60.8 Å². The number of anilines is 2. The predicted octanol–water partition coefficient (Wildman–Crippen LogP) is 4.93. The minimum atomic E-state index is -4.44. The fourth-order valence-corrected chi connectivity index (χ4v) is 3.11. The van der Waals surface area contributed by atoms with Crippen LogP contribution in [-0.2, 0) is 17.4 Å². The molecule has 0 heterocycles. The van der Waals surface area contributed by atoms with Gasteiger partial charge in [0.1, 0.15) is 5.75 Å². The molecule has 156 valence electrons. The van der Waals surface area contributed by atoms with Gasteiger partial charge in [-0.05, 0) is 60.5 Å². The van der Waals surface area contributed by atoms with Crippen molar-refractivity contribution in [3.63, 3.8) is 0 Å². The summed E-state index contributed by atoms with van der Waals surface area (Å²) < 4.78 is 38.3. The zero-order valence-electron chi connectivity index (χ0n) is 15.9. The third kappa shape index (κ3) is 4.99. The number of hydrogen-bond acceptors (Lipinski definition) is 3. The third-order valence-corrected chi connectivity index (χ3v) is 4.68. The summed E-state index contributed by atoms with van der Waals surface area (Å²) in [5, 5.41) is 19.4. The monoisotopic (exact) mass is 415 g/mol. The van der Waals surface area contributed by atoms with Gasteiger partial charge in [-0.1, -0.05) is 30.3 Å². The van der Waals surface area contributed by atoms with Crippen molar-refractivity contribution in [1.29, 1.82) is 0 Å². The van der Waals surface area contributed by atoms with E-state index in [1.165, 1.54) is 29.2 Å². The fraction of sp³-hybridized carbons (Fsp3) is 0.174. The number of para-hydroxylation sites is 1. The van der Waals surface area contributed by atoms with Gasteiger partial charge < -0.3 is 10.2 Å². The molecular weight excluding hydrogens is 395 g/mol. The maximum atomic E-state index is 13.3. The number of phenols is 1. The number of hydrogen-bond donors (Lipinski definition) is 2. The van der Waals surface area contributed by atoms with Crippen LogP contribution in [0.15, 0.2) is 78.9 Å². The van der Waals surface area contributed by atoms with Gasteiger partial charge in [0.2, 0.25) is 5.91 Å². The summed E-state index contributed by atoms with van der Waals surface area (Å²) in [6.45, 7) is -0.471. The van der Waals surface area contributed by atoms with Crippen molar-refractivity contribution >= 4 is 17.3 Å². The SMILES string of the molecule is O=C(C(CO)Cc1ccc(C(F)(F)F)cc1)N(c1ccccc1)c1ccc(O)cc1.